The first kappa shape index (κ1) is 18.6. The lowest BCUT2D eigenvalue weighted by Gasteiger charge is -2.27. The van der Waals surface area contributed by atoms with Gasteiger partial charge in [-0.3, -0.25) is 4.79 Å². The summed E-state index contributed by atoms with van der Waals surface area (Å²) in [5.74, 6) is -0.0253. The summed E-state index contributed by atoms with van der Waals surface area (Å²) in [6, 6.07) is 9.22. The Morgan fingerprint density at radius 2 is 1.91 bits per heavy atom. The minimum absolute atomic E-state index is 0.0253. The van der Waals surface area contributed by atoms with E-state index in [1.165, 1.54) is 10.6 Å². The third-order valence-electron chi connectivity index (χ3n) is 3.55. The molecule has 0 fully saturated rings. The summed E-state index contributed by atoms with van der Waals surface area (Å²) < 4.78 is 25.4. The van der Waals surface area contributed by atoms with E-state index in [2.05, 4.69) is 5.32 Å². The van der Waals surface area contributed by atoms with Crippen molar-refractivity contribution in [1.82, 2.24) is 9.62 Å². The Morgan fingerprint density at radius 1 is 1.27 bits per heavy atom. The molecule has 0 heterocycles. The van der Waals surface area contributed by atoms with Crippen LogP contribution in [0.15, 0.2) is 30.3 Å². The zero-order valence-corrected chi connectivity index (χ0v) is 14.4. The monoisotopic (exact) mass is 326 g/mol. The topological polar surface area (TPSA) is 66.5 Å². The molecular formula is C16H26N2O3S. The van der Waals surface area contributed by atoms with Gasteiger partial charge in [-0.05, 0) is 18.9 Å². The van der Waals surface area contributed by atoms with E-state index >= 15 is 0 Å². The second-order valence-corrected chi connectivity index (χ2v) is 7.35. The van der Waals surface area contributed by atoms with Gasteiger partial charge in [0.1, 0.15) is 0 Å². The standard InChI is InChI=1S/C16H26N2O3S/c1-4-5-11-16(19)17-12-13-18(22(3,20)21)14(2)15-9-7-6-8-10-15/h6-10,14H,4-5,11-13H2,1-3H3,(H,17,19). The van der Waals surface area contributed by atoms with Gasteiger partial charge in [-0.2, -0.15) is 4.31 Å². The van der Waals surface area contributed by atoms with Crippen LogP contribution in [0.25, 0.3) is 0 Å². The highest BCUT2D eigenvalue weighted by Gasteiger charge is 2.24. The molecule has 1 N–H and O–H groups in total. The molecule has 1 atom stereocenters. The second kappa shape index (κ2) is 8.90. The molecule has 5 nitrogen and oxygen atoms in total. The Morgan fingerprint density at radius 3 is 2.45 bits per heavy atom. The number of nitrogens with one attached hydrogen (secondary N) is 1. The molecule has 124 valence electrons. The van der Waals surface area contributed by atoms with Crippen molar-refractivity contribution in [2.75, 3.05) is 19.3 Å². The summed E-state index contributed by atoms with van der Waals surface area (Å²) in [5, 5.41) is 2.78. The van der Waals surface area contributed by atoms with Crippen molar-refractivity contribution in [2.24, 2.45) is 0 Å². The number of amides is 1. The molecule has 1 unspecified atom stereocenters. The first-order chi connectivity index (χ1) is 10.4. The van der Waals surface area contributed by atoms with Crippen molar-refractivity contribution >= 4 is 15.9 Å². The highest BCUT2D eigenvalue weighted by atomic mass is 32.2. The summed E-state index contributed by atoms with van der Waals surface area (Å²) in [6.45, 7) is 4.48. The van der Waals surface area contributed by atoms with Gasteiger partial charge in [0, 0.05) is 25.6 Å². The molecule has 1 aromatic rings. The first-order valence-corrected chi connectivity index (χ1v) is 9.49. The van der Waals surface area contributed by atoms with Crippen molar-refractivity contribution in [2.45, 2.75) is 39.2 Å². The van der Waals surface area contributed by atoms with E-state index in [0.29, 0.717) is 13.0 Å². The number of rotatable bonds is 9. The number of unbranched alkanes of at least 4 members (excludes halogenated alkanes) is 1. The molecule has 0 aliphatic rings. The quantitative estimate of drug-likeness (QED) is 0.757. The third-order valence-corrected chi connectivity index (χ3v) is 4.90. The van der Waals surface area contributed by atoms with Crippen LogP contribution in [-0.2, 0) is 14.8 Å². The van der Waals surface area contributed by atoms with Gasteiger partial charge in [0.2, 0.25) is 15.9 Å². The van der Waals surface area contributed by atoms with Crippen LogP contribution >= 0.6 is 0 Å². The van der Waals surface area contributed by atoms with Gasteiger partial charge in [-0.25, -0.2) is 8.42 Å². The van der Waals surface area contributed by atoms with E-state index in [0.717, 1.165) is 18.4 Å². The van der Waals surface area contributed by atoms with Crippen LogP contribution in [0.3, 0.4) is 0 Å². The predicted octanol–water partition coefficient (Wildman–Crippen LogP) is 2.32. The van der Waals surface area contributed by atoms with Crippen LogP contribution in [0, 0.1) is 0 Å². The van der Waals surface area contributed by atoms with E-state index in [-0.39, 0.29) is 18.5 Å². The van der Waals surface area contributed by atoms with E-state index in [1.54, 1.807) is 0 Å². The molecule has 0 aliphatic heterocycles. The third kappa shape index (κ3) is 6.15. The highest BCUT2D eigenvalue weighted by molar-refractivity contribution is 7.88. The van der Waals surface area contributed by atoms with Crippen molar-refractivity contribution in [3.8, 4) is 0 Å². The Hall–Kier alpha value is -1.40. The fraction of sp³-hybridized carbons (Fsp3) is 0.562. The number of benzene rings is 1. The summed E-state index contributed by atoms with van der Waals surface area (Å²) in [7, 11) is -3.35. The van der Waals surface area contributed by atoms with Gasteiger partial charge in [0.05, 0.1) is 6.26 Å². The Labute approximate surface area is 133 Å². The Balaban J connectivity index is 2.65. The normalized spacial score (nSPS) is 13.1. The molecule has 1 rings (SSSR count). The van der Waals surface area contributed by atoms with Gasteiger partial charge >= 0.3 is 0 Å². The zero-order chi connectivity index (χ0) is 16.6. The first-order valence-electron chi connectivity index (χ1n) is 7.64. The maximum atomic E-state index is 12.0. The molecule has 0 radical (unpaired) electrons. The number of carbonyl (C=O) groups is 1. The van der Waals surface area contributed by atoms with Gasteiger partial charge in [0.25, 0.3) is 0 Å². The molecular weight excluding hydrogens is 300 g/mol. The van der Waals surface area contributed by atoms with Crippen molar-refractivity contribution in [3.63, 3.8) is 0 Å². The van der Waals surface area contributed by atoms with Gasteiger partial charge in [-0.15, -0.1) is 0 Å². The molecule has 0 saturated carbocycles. The summed E-state index contributed by atoms with van der Waals surface area (Å²) in [4.78, 5) is 11.6. The molecule has 0 aromatic heterocycles. The lowest BCUT2D eigenvalue weighted by atomic mass is 10.1. The number of hydrogen-bond acceptors (Lipinski definition) is 3. The summed E-state index contributed by atoms with van der Waals surface area (Å²) in [5.41, 5.74) is 0.935. The van der Waals surface area contributed by atoms with Crippen molar-refractivity contribution in [1.29, 1.82) is 0 Å². The number of nitrogens with zero attached hydrogens (tertiary/aromatic N) is 1. The van der Waals surface area contributed by atoms with E-state index in [1.807, 2.05) is 44.2 Å². The van der Waals surface area contributed by atoms with E-state index in [4.69, 9.17) is 0 Å². The minimum atomic E-state index is -3.35. The summed E-state index contributed by atoms with van der Waals surface area (Å²) >= 11 is 0. The Bertz CT molecular complexity index is 558. The van der Waals surface area contributed by atoms with Crippen LogP contribution in [0.2, 0.25) is 0 Å². The highest BCUT2D eigenvalue weighted by Crippen LogP contribution is 2.21. The van der Waals surface area contributed by atoms with Crippen LogP contribution in [0.5, 0.6) is 0 Å². The lowest BCUT2D eigenvalue weighted by molar-refractivity contribution is -0.121. The van der Waals surface area contributed by atoms with Gasteiger partial charge in [-0.1, -0.05) is 43.7 Å². The molecule has 0 saturated heterocycles. The van der Waals surface area contributed by atoms with E-state index < -0.39 is 10.0 Å². The molecule has 1 aromatic carbocycles. The molecule has 0 spiro atoms. The fourth-order valence-corrected chi connectivity index (χ4v) is 3.39. The van der Waals surface area contributed by atoms with Gasteiger partial charge in [0.15, 0.2) is 0 Å². The second-order valence-electron chi connectivity index (χ2n) is 5.41. The number of hydrogen-bond donors (Lipinski definition) is 1. The number of carbonyl (C=O) groups excluding carboxylic acids is 1. The molecule has 1 amide bonds. The van der Waals surface area contributed by atoms with Crippen molar-refractivity contribution < 1.29 is 13.2 Å². The average molecular weight is 326 g/mol. The molecule has 0 aliphatic carbocycles. The Kier molecular flexibility index (Phi) is 7.55. The van der Waals surface area contributed by atoms with Crippen LogP contribution in [0.4, 0.5) is 0 Å². The molecule has 6 heteroatoms. The predicted molar refractivity (Wildman–Crippen MR) is 88.9 cm³/mol. The SMILES string of the molecule is CCCCC(=O)NCCN(C(C)c1ccccc1)S(C)(=O)=O. The van der Waals surface area contributed by atoms with Crippen LogP contribution in [0.1, 0.15) is 44.7 Å². The lowest BCUT2D eigenvalue weighted by Crippen LogP contribution is -2.39. The number of sulfonamides is 1. The molecule has 22 heavy (non-hydrogen) atoms. The largest absolute Gasteiger partial charge is 0.355 e. The van der Waals surface area contributed by atoms with Gasteiger partial charge < -0.3 is 5.32 Å². The zero-order valence-electron chi connectivity index (χ0n) is 13.6. The summed E-state index contributed by atoms with van der Waals surface area (Å²) in [6.07, 6.45) is 3.50. The average Bonchev–Trinajstić information content (AvgIpc) is 2.48. The minimum Gasteiger partial charge on any atom is -0.355 e. The molecule has 0 bridgehead atoms. The fourth-order valence-electron chi connectivity index (χ4n) is 2.28. The smallest absolute Gasteiger partial charge is 0.220 e. The van der Waals surface area contributed by atoms with Crippen molar-refractivity contribution in [3.05, 3.63) is 35.9 Å². The van der Waals surface area contributed by atoms with E-state index in [9.17, 15) is 13.2 Å². The maximum absolute atomic E-state index is 12.0. The maximum Gasteiger partial charge on any atom is 0.220 e. The van der Waals surface area contributed by atoms with Crippen LogP contribution in [-0.4, -0.2) is 38.0 Å². The van der Waals surface area contributed by atoms with Crippen LogP contribution < -0.4 is 5.32 Å².